The van der Waals surface area contributed by atoms with Crippen molar-refractivity contribution in [1.29, 1.82) is 0 Å². The van der Waals surface area contributed by atoms with Crippen molar-refractivity contribution in [2.24, 2.45) is 10.8 Å². The number of carbonyl (C=O) groups is 2. The number of aryl methyl sites for hydroxylation is 2. The SMILES string of the molecule is CCCC1(C(N)=NNNC)c2ccc(C(=O)O)cc2CCc2cc(C(=O)O)ccc21. The van der Waals surface area contributed by atoms with Crippen LogP contribution in [0.15, 0.2) is 41.5 Å². The van der Waals surface area contributed by atoms with E-state index in [1.807, 2.05) is 19.1 Å². The second-order valence-corrected chi connectivity index (χ2v) is 7.37. The molecule has 0 fully saturated rings. The summed E-state index contributed by atoms with van der Waals surface area (Å²) in [6.45, 7) is 2.04. The number of carboxylic acids is 2. The van der Waals surface area contributed by atoms with Crippen LogP contribution in [-0.2, 0) is 18.3 Å². The molecule has 158 valence electrons. The van der Waals surface area contributed by atoms with Gasteiger partial charge >= 0.3 is 11.9 Å². The van der Waals surface area contributed by atoms with Crippen LogP contribution in [0.3, 0.4) is 0 Å². The van der Waals surface area contributed by atoms with Gasteiger partial charge < -0.3 is 15.9 Å². The summed E-state index contributed by atoms with van der Waals surface area (Å²) < 4.78 is 0. The normalized spacial score (nSPS) is 14.9. The molecular formula is C22H26N4O4. The number of fused-ring (bicyclic) bond motifs is 2. The molecule has 1 aliphatic rings. The molecule has 0 saturated heterocycles. The van der Waals surface area contributed by atoms with Crippen LogP contribution in [0.25, 0.3) is 0 Å². The fourth-order valence-corrected chi connectivity index (χ4v) is 4.37. The van der Waals surface area contributed by atoms with Crippen molar-refractivity contribution in [3.63, 3.8) is 0 Å². The number of hydrazine groups is 1. The van der Waals surface area contributed by atoms with Crippen LogP contribution in [0.5, 0.6) is 0 Å². The zero-order valence-corrected chi connectivity index (χ0v) is 17.0. The summed E-state index contributed by atoms with van der Waals surface area (Å²) in [5, 5.41) is 23.2. The smallest absolute Gasteiger partial charge is 0.335 e. The summed E-state index contributed by atoms with van der Waals surface area (Å²) in [5.74, 6) is -1.66. The fraction of sp³-hybridized carbons (Fsp3) is 0.318. The van der Waals surface area contributed by atoms with Gasteiger partial charge in [0.2, 0.25) is 0 Å². The van der Waals surface area contributed by atoms with Crippen molar-refractivity contribution in [3.05, 3.63) is 69.8 Å². The number of amidine groups is 1. The molecule has 0 aliphatic heterocycles. The molecule has 8 heteroatoms. The Kier molecular flexibility index (Phi) is 6.07. The van der Waals surface area contributed by atoms with Gasteiger partial charge in [-0.1, -0.05) is 25.5 Å². The van der Waals surface area contributed by atoms with Crippen LogP contribution in [-0.4, -0.2) is 35.0 Å². The molecule has 8 nitrogen and oxygen atoms in total. The lowest BCUT2D eigenvalue weighted by Crippen LogP contribution is -2.45. The highest BCUT2D eigenvalue weighted by molar-refractivity contribution is 5.97. The number of rotatable bonds is 7. The van der Waals surface area contributed by atoms with Gasteiger partial charge in [-0.3, -0.25) is 0 Å². The van der Waals surface area contributed by atoms with Gasteiger partial charge in [0.05, 0.1) is 16.5 Å². The zero-order valence-electron chi connectivity index (χ0n) is 17.0. The summed E-state index contributed by atoms with van der Waals surface area (Å²) in [5.41, 5.74) is 15.1. The zero-order chi connectivity index (χ0) is 21.9. The molecule has 0 unspecified atom stereocenters. The van der Waals surface area contributed by atoms with E-state index in [4.69, 9.17) is 5.73 Å². The summed E-state index contributed by atoms with van der Waals surface area (Å²) in [4.78, 5) is 23.1. The highest BCUT2D eigenvalue weighted by Gasteiger charge is 2.42. The Morgan fingerprint density at radius 1 is 1.03 bits per heavy atom. The van der Waals surface area contributed by atoms with E-state index in [-0.39, 0.29) is 11.1 Å². The highest BCUT2D eigenvalue weighted by Crippen LogP contribution is 2.44. The predicted molar refractivity (Wildman–Crippen MR) is 114 cm³/mol. The minimum Gasteiger partial charge on any atom is -0.478 e. The van der Waals surface area contributed by atoms with Crippen LogP contribution in [0, 0.1) is 0 Å². The van der Waals surface area contributed by atoms with Crippen molar-refractivity contribution in [3.8, 4) is 0 Å². The minimum atomic E-state index is -0.993. The lowest BCUT2D eigenvalue weighted by molar-refractivity contribution is 0.0686. The first kappa shape index (κ1) is 21.3. The van der Waals surface area contributed by atoms with Crippen molar-refractivity contribution in [1.82, 2.24) is 11.0 Å². The number of nitrogens with two attached hydrogens (primary N) is 1. The largest absolute Gasteiger partial charge is 0.478 e. The van der Waals surface area contributed by atoms with E-state index in [9.17, 15) is 19.8 Å². The predicted octanol–water partition coefficient (Wildman–Crippen LogP) is 2.26. The van der Waals surface area contributed by atoms with Crippen LogP contribution in [0.2, 0.25) is 0 Å². The monoisotopic (exact) mass is 410 g/mol. The maximum Gasteiger partial charge on any atom is 0.335 e. The van der Waals surface area contributed by atoms with E-state index in [0.29, 0.717) is 25.1 Å². The first-order valence-electron chi connectivity index (χ1n) is 9.84. The average Bonchev–Trinajstić information content (AvgIpc) is 2.87. The second kappa shape index (κ2) is 8.54. The maximum absolute atomic E-state index is 11.5. The lowest BCUT2D eigenvalue weighted by Gasteiger charge is -2.36. The van der Waals surface area contributed by atoms with Gasteiger partial charge in [0.25, 0.3) is 0 Å². The Hall–Kier alpha value is -3.39. The summed E-state index contributed by atoms with van der Waals surface area (Å²) in [6, 6.07) is 10.2. The number of hydrazone groups is 1. The van der Waals surface area contributed by atoms with Crippen LogP contribution >= 0.6 is 0 Å². The van der Waals surface area contributed by atoms with E-state index in [0.717, 1.165) is 28.7 Å². The molecule has 0 aromatic heterocycles. The molecule has 0 radical (unpaired) electrons. The van der Waals surface area contributed by atoms with Gasteiger partial charge in [-0.2, -0.15) is 5.10 Å². The molecule has 0 heterocycles. The van der Waals surface area contributed by atoms with E-state index in [1.165, 1.54) is 0 Å². The molecule has 0 bridgehead atoms. The van der Waals surface area contributed by atoms with Crippen LogP contribution < -0.4 is 16.7 Å². The molecule has 0 saturated carbocycles. The number of aromatic carboxylic acids is 2. The highest BCUT2D eigenvalue weighted by atomic mass is 16.4. The van der Waals surface area contributed by atoms with Gasteiger partial charge in [0.15, 0.2) is 0 Å². The van der Waals surface area contributed by atoms with Crippen LogP contribution in [0.4, 0.5) is 0 Å². The standard InChI is InChI=1S/C22H26N4O4/c1-3-10-22(21(23)25-26-24-2)17-8-6-15(19(27)28)11-13(17)4-5-14-12-16(20(29)30)7-9-18(14)22/h6-9,11-12,24,26H,3-5,10H2,1-2H3,(H2,23,25)(H,27,28)(H,29,30). The molecule has 2 aromatic carbocycles. The van der Waals surface area contributed by atoms with Gasteiger partial charge in [-0.25, -0.2) is 20.5 Å². The van der Waals surface area contributed by atoms with E-state index < -0.39 is 17.4 Å². The molecule has 0 amide bonds. The second-order valence-electron chi connectivity index (χ2n) is 7.37. The third-order valence-corrected chi connectivity index (χ3v) is 5.64. The Morgan fingerprint density at radius 2 is 1.53 bits per heavy atom. The molecule has 30 heavy (non-hydrogen) atoms. The molecule has 1 aliphatic carbocycles. The van der Waals surface area contributed by atoms with E-state index in [2.05, 4.69) is 16.1 Å². The van der Waals surface area contributed by atoms with Crippen molar-refractivity contribution >= 4 is 17.8 Å². The van der Waals surface area contributed by atoms with Crippen molar-refractivity contribution < 1.29 is 19.8 Å². The van der Waals surface area contributed by atoms with Crippen molar-refractivity contribution in [2.75, 3.05) is 7.05 Å². The first-order valence-corrected chi connectivity index (χ1v) is 9.84. The summed E-state index contributed by atoms with van der Waals surface area (Å²) >= 11 is 0. The topological polar surface area (TPSA) is 137 Å². The molecule has 0 spiro atoms. The number of hydrogen-bond donors (Lipinski definition) is 5. The summed E-state index contributed by atoms with van der Waals surface area (Å²) in [6.07, 6.45) is 2.57. The Balaban J connectivity index is 2.35. The Labute approximate surface area is 174 Å². The Bertz CT molecular complexity index is 951. The average molecular weight is 410 g/mol. The first-order chi connectivity index (χ1) is 14.3. The van der Waals surface area contributed by atoms with Gasteiger partial charge in [0.1, 0.15) is 5.84 Å². The maximum atomic E-state index is 11.5. The number of hydrogen-bond acceptors (Lipinski definition) is 5. The quantitative estimate of drug-likeness (QED) is 0.268. The minimum absolute atomic E-state index is 0.209. The van der Waals surface area contributed by atoms with Gasteiger partial charge in [-0.15, -0.1) is 0 Å². The van der Waals surface area contributed by atoms with Gasteiger partial charge in [-0.05, 0) is 65.8 Å². The number of nitrogens with zero attached hydrogens (tertiary/aromatic N) is 1. The third kappa shape index (κ3) is 3.61. The van der Waals surface area contributed by atoms with E-state index in [1.54, 1.807) is 31.3 Å². The molecule has 3 rings (SSSR count). The third-order valence-electron chi connectivity index (χ3n) is 5.64. The Morgan fingerprint density at radius 3 is 1.93 bits per heavy atom. The molecular weight excluding hydrogens is 384 g/mol. The summed E-state index contributed by atoms with van der Waals surface area (Å²) in [7, 11) is 1.68. The molecule has 2 aromatic rings. The van der Waals surface area contributed by atoms with Crippen molar-refractivity contribution in [2.45, 2.75) is 38.0 Å². The molecule has 0 atom stereocenters. The molecule has 6 N–H and O–H groups in total. The van der Waals surface area contributed by atoms with Crippen LogP contribution in [0.1, 0.15) is 62.7 Å². The van der Waals surface area contributed by atoms with E-state index >= 15 is 0 Å². The number of benzene rings is 2. The van der Waals surface area contributed by atoms with Gasteiger partial charge in [0, 0.05) is 7.05 Å². The fourth-order valence-electron chi connectivity index (χ4n) is 4.37. The number of carboxylic acid groups (broad SMARTS) is 2. The number of nitrogens with one attached hydrogen (secondary N) is 2. The lowest BCUT2D eigenvalue weighted by atomic mass is 9.68.